The fourth-order valence-electron chi connectivity index (χ4n) is 1.64. The molecule has 0 amide bonds. The van der Waals surface area contributed by atoms with Crippen LogP contribution in [-0.4, -0.2) is 17.2 Å². The van der Waals surface area contributed by atoms with Crippen molar-refractivity contribution < 1.29 is 19.2 Å². The molecule has 110 valence electrons. The van der Waals surface area contributed by atoms with Gasteiger partial charge in [-0.15, -0.1) is 0 Å². The smallest absolute Gasteiger partial charge is 0.336 e. The Morgan fingerprint density at radius 2 is 1.59 bits per heavy atom. The first-order valence-corrected chi connectivity index (χ1v) is 6.28. The summed E-state index contributed by atoms with van der Waals surface area (Å²) in [4.78, 5) is 32.1. The number of hydrogen-bond acceptors (Lipinski definition) is 5. The summed E-state index contributed by atoms with van der Waals surface area (Å²) < 4.78 is 5.01. The molecule has 22 heavy (non-hydrogen) atoms. The first kappa shape index (κ1) is 15.1. The van der Waals surface area contributed by atoms with Crippen molar-refractivity contribution >= 4 is 24.0 Å². The quantitative estimate of drug-likeness (QED) is 0.211. The van der Waals surface area contributed by atoms with Crippen molar-refractivity contribution in [3.8, 4) is 5.75 Å². The topological polar surface area (TPSA) is 86.5 Å². The molecular weight excluding hydrogens is 286 g/mol. The Bertz CT molecular complexity index is 717. The zero-order valence-electron chi connectivity index (χ0n) is 11.3. The highest BCUT2D eigenvalue weighted by molar-refractivity contribution is 5.88. The van der Waals surface area contributed by atoms with Gasteiger partial charge in [-0.1, -0.05) is 24.3 Å². The fourth-order valence-corrected chi connectivity index (χ4v) is 1.64. The van der Waals surface area contributed by atoms with Crippen LogP contribution in [0.3, 0.4) is 0 Å². The molecule has 6 heteroatoms. The number of nitro benzene ring substituents is 1. The average molecular weight is 297 g/mol. The normalized spacial score (nSPS) is 10.4. The van der Waals surface area contributed by atoms with Crippen LogP contribution in [0.2, 0.25) is 0 Å². The second-order valence-electron chi connectivity index (χ2n) is 4.29. The maximum absolute atomic E-state index is 11.6. The van der Waals surface area contributed by atoms with Gasteiger partial charge in [0.05, 0.1) is 4.92 Å². The van der Waals surface area contributed by atoms with Gasteiger partial charge in [-0.25, -0.2) is 4.79 Å². The maximum Gasteiger partial charge on any atom is 0.336 e. The molecule has 0 heterocycles. The van der Waals surface area contributed by atoms with Gasteiger partial charge in [0.25, 0.3) is 5.69 Å². The molecule has 0 saturated carbocycles. The lowest BCUT2D eigenvalue weighted by molar-refractivity contribution is -0.384. The zero-order valence-corrected chi connectivity index (χ0v) is 11.3. The third-order valence-corrected chi connectivity index (χ3v) is 2.75. The number of ether oxygens (including phenoxy) is 1. The Morgan fingerprint density at radius 3 is 2.14 bits per heavy atom. The van der Waals surface area contributed by atoms with Crippen molar-refractivity contribution in [2.45, 2.75) is 0 Å². The highest BCUT2D eigenvalue weighted by Gasteiger charge is 2.06. The lowest BCUT2D eigenvalue weighted by Crippen LogP contribution is -2.03. The number of non-ortho nitro benzene ring substituents is 1. The molecule has 2 aromatic rings. The van der Waals surface area contributed by atoms with E-state index in [0.717, 1.165) is 11.8 Å². The standard InChI is InChI=1S/C16H11NO5/c18-11-13-3-1-12(2-4-13)5-10-16(19)22-15-8-6-14(7-9-15)17(20)21/h1-11H/b10-5+. The monoisotopic (exact) mass is 297 g/mol. The third-order valence-electron chi connectivity index (χ3n) is 2.75. The highest BCUT2D eigenvalue weighted by atomic mass is 16.6. The van der Waals surface area contributed by atoms with E-state index in [1.807, 2.05) is 0 Å². The van der Waals surface area contributed by atoms with Gasteiger partial charge < -0.3 is 4.74 Å². The lowest BCUT2D eigenvalue weighted by atomic mass is 10.1. The van der Waals surface area contributed by atoms with Gasteiger partial charge in [-0.3, -0.25) is 14.9 Å². The predicted octanol–water partition coefficient (Wildman–Crippen LogP) is 3.03. The summed E-state index contributed by atoms with van der Waals surface area (Å²) in [6, 6.07) is 11.9. The van der Waals surface area contributed by atoms with E-state index in [1.54, 1.807) is 30.3 Å². The first-order chi connectivity index (χ1) is 10.6. The summed E-state index contributed by atoms with van der Waals surface area (Å²) in [6.45, 7) is 0. The molecule has 0 unspecified atom stereocenters. The summed E-state index contributed by atoms with van der Waals surface area (Å²) in [5, 5.41) is 10.5. The van der Waals surface area contributed by atoms with Crippen LogP contribution in [-0.2, 0) is 4.79 Å². The molecule has 0 aliphatic heterocycles. The zero-order chi connectivity index (χ0) is 15.9. The van der Waals surface area contributed by atoms with Gasteiger partial charge >= 0.3 is 5.97 Å². The summed E-state index contributed by atoms with van der Waals surface area (Å²) >= 11 is 0. The molecule has 0 aromatic heterocycles. The van der Waals surface area contributed by atoms with Gasteiger partial charge in [-0.2, -0.15) is 0 Å². The second kappa shape index (κ2) is 6.94. The van der Waals surface area contributed by atoms with Gasteiger partial charge in [0.2, 0.25) is 0 Å². The molecule has 2 aromatic carbocycles. The average Bonchev–Trinajstić information content (AvgIpc) is 2.54. The van der Waals surface area contributed by atoms with Crippen molar-refractivity contribution in [3.63, 3.8) is 0 Å². The molecule has 0 bridgehead atoms. The number of aldehydes is 1. The van der Waals surface area contributed by atoms with Crippen LogP contribution < -0.4 is 4.74 Å². The summed E-state index contributed by atoms with van der Waals surface area (Å²) in [7, 11) is 0. The van der Waals surface area contributed by atoms with E-state index < -0.39 is 10.9 Å². The minimum Gasteiger partial charge on any atom is -0.423 e. The Hall–Kier alpha value is -3.28. The number of rotatable bonds is 5. The van der Waals surface area contributed by atoms with Crippen molar-refractivity contribution in [3.05, 3.63) is 75.8 Å². The molecule has 0 spiro atoms. The van der Waals surface area contributed by atoms with Gasteiger partial charge in [0.1, 0.15) is 12.0 Å². The Morgan fingerprint density at radius 1 is 1.00 bits per heavy atom. The van der Waals surface area contributed by atoms with E-state index in [9.17, 15) is 19.7 Å². The molecule has 0 saturated heterocycles. The molecule has 0 aliphatic carbocycles. The minimum atomic E-state index is -0.603. The van der Waals surface area contributed by atoms with E-state index in [4.69, 9.17) is 4.74 Å². The summed E-state index contributed by atoms with van der Waals surface area (Å²) in [5.74, 6) is -0.384. The molecule has 0 atom stereocenters. The summed E-state index contributed by atoms with van der Waals surface area (Å²) in [6.07, 6.45) is 3.51. The number of benzene rings is 2. The van der Waals surface area contributed by atoms with Crippen LogP contribution in [0, 0.1) is 10.1 Å². The SMILES string of the molecule is O=Cc1ccc(/C=C/C(=O)Oc2ccc([N+](=O)[O-])cc2)cc1. The van der Waals surface area contributed by atoms with Crippen LogP contribution in [0.15, 0.2) is 54.6 Å². The maximum atomic E-state index is 11.6. The molecule has 2 rings (SSSR count). The van der Waals surface area contributed by atoms with Crippen LogP contribution in [0.5, 0.6) is 5.75 Å². The van der Waals surface area contributed by atoms with Crippen LogP contribution >= 0.6 is 0 Å². The van der Waals surface area contributed by atoms with Crippen LogP contribution in [0.4, 0.5) is 5.69 Å². The number of carbonyl (C=O) groups is 2. The molecular formula is C16H11NO5. The molecule has 0 radical (unpaired) electrons. The first-order valence-electron chi connectivity index (χ1n) is 6.28. The van der Waals surface area contributed by atoms with Crippen LogP contribution in [0.1, 0.15) is 15.9 Å². The number of nitro groups is 1. The van der Waals surface area contributed by atoms with Crippen molar-refractivity contribution in [1.82, 2.24) is 0 Å². The number of esters is 1. The highest BCUT2D eigenvalue weighted by Crippen LogP contribution is 2.17. The molecule has 0 N–H and O–H groups in total. The number of nitrogens with zero attached hydrogens (tertiary/aromatic N) is 1. The van der Waals surface area contributed by atoms with Crippen molar-refractivity contribution in [2.75, 3.05) is 0 Å². The Balaban J connectivity index is 1.98. The van der Waals surface area contributed by atoms with Crippen molar-refractivity contribution in [1.29, 1.82) is 0 Å². The van der Waals surface area contributed by atoms with E-state index in [2.05, 4.69) is 0 Å². The third kappa shape index (κ3) is 4.11. The number of hydrogen-bond donors (Lipinski definition) is 0. The lowest BCUT2D eigenvalue weighted by Gasteiger charge is -2.00. The van der Waals surface area contributed by atoms with E-state index in [1.165, 1.54) is 30.3 Å². The number of carbonyl (C=O) groups excluding carboxylic acids is 2. The van der Waals surface area contributed by atoms with Crippen molar-refractivity contribution in [2.24, 2.45) is 0 Å². The van der Waals surface area contributed by atoms with E-state index in [0.29, 0.717) is 5.56 Å². The fraction of sp³-hybridized carbons (Fsp3) is 0. The van der Waals surface area contributed by atoms with Gasteiger partial charge in [0.15, 0.2) is 0 Å². The molecule has 0 aliphatic rings. The largest absolute Gasteiger partial charge is 0.423 e. The Kier molecular flexibility index (Phi) is 4.77. The minimum absolute atomic E-state index is 0.0781. The van der Waals surface area contributed by atoms with Gasteiger partial charge in [0, 0.05) is 23.8 Å². The van der Waals surface area contributed by atoms with E-state index >= 15 is 0 Å². The van der Waals surface area contributed by atoms with E-state index in [-0.39, 0.29) is 11.4 Å². The molecule has 0 fully saturated rings. The van der Waals surface area contributed by atoms with Gasteiger partial charge in [-0.05, 0) is 23.8 Å². The molecule has 6 nitrogen and oxygen atoms in total. The summed E-state index contributed by atoms with van der Waals surface area (Å²) in [5.41, 5.74) is 1.21. The Labute approximate surface area is 125 Å². The van der Waals surface area contributed by atoms with Crippen LogP contribution in [0.25, 0.3) is 6.08 Å². The predicted molar refractivity (Wildman–Crippen MR) is 79.6 cm³/mol. The second-order valence-corrected chi connectivity index (χ2v) is 4.29.